The van der Waals surface area contributed by atoms with Crippen molar-refractivity contribution in [1.82, 2.24) is 0 Å². The van der Waals surface area contributed by atoms with E-state index < -0.39 is 17.9 Å². The van der Waals surface area contributed by atoms with Crippen LogP contribution in [0, 0.1) is 12.7 Å². The third kappa shape index (κ3) is 2.17. The lowest BCUT2D eigenvalue weighted by atomic mass is 10.0. The summed E-state index contributed by atoms with van der Waals surface area (Å²) in [6.07, 6.45) is -1.82. The average Bonchev–Trinajstić information content (AvgIpc) is 2.21. The van der Waals surface area contributed by atoms with Gasteiger partial charge in [0.05, 0.1) is 11.6 Å². The summed E-state index contributed by atoms with van der Waals surface area (Å²) in [7, 11) is 1.31. The molecule has 88 valence electrons. The SMILES string of the molecule is COc1c(Br)cc(F)c(C)c1C(O)C(=O)O. The highest BCUT2D eigenvalue weighted by atomic mass is 79.9. The van der Waals surface area contributed by atoms with E-state index in [1.165, 1.54) is 14.0 Å². The fourth-order valence-corrected chi connectivity index (χ4v) is 1.95. The van der Waals surface area contributed by atoms with Gasteiger partial charge in [0.15, 0.2) is 6.10 Å². The first-order chi connectivity index (χ1) is 7.40. The zero-order valence-corrected chi connectivity index (χ0v) is 10.2. The summed E-state index contributed by atoms with van der Waals surface area (Å²) in [5.74, 6) is -1.95. The van der Waals surface area contributed by atoms with Crippen LogP contribution in [-0.4, -0.2) is 23.3 Å². The van der Waals surface area contributed by atoms with Crippen molar-refractivity contribution in [2.75, 3.05) is 7.11 Å². The number of rotatable bonds is 3. The second-order valence-electron chi connectivity index (χ2n) is 3.15. The van der Waals surface area contributed by atoms with E-state index in [1.807, 2.05) is 0 Å². The minimum atomic E-state index is -1.82. The molecule has 0 aliphatic heterocycles. The predicted molar refractivity (Wildman–Crippen MR) is 58.0 cm³/mol. The molecule has 0 saturated heterocycles. The van der Waals surface area contributed by atoms with Gasteiger partial charge < -0.3 is 14.9 Å². The number of aliphatic hydroxyl groups is 1. The van der Waals surface area contributed by atoms with Gasteiger partial charge in [0.25, 0.3) is 0 Å². The molecular formula is C10H10BrFO4. The smallest absolute Gasteiger partial charge is 0.337 e. The normalized spacial score (nSPS) is 12.3. The van der Waals surface area contributed by atoms with Crippen LogP contribution in [0.25, 0.3) is 0 Å². The molecule has 1 atom stereocenters. The highest BCUT2D eigenvalue weighted by Gasteiger charge is 2.26. The lowest BCUT2D eigenvalue weighted by Crippen LogP contribution is -2.14. The number of methoxy groups -OCH3 is 1. The number of hydrogen-bond donors (Lipinski definition) is 2. The third-order valence-electron chi connectivity index (χ3n) is 2.19. The number of carbonyl (C=O) groups is 1. The van der Waals surface area contributed by atoms with Crippen LogP contribution in [0.2, 0.25) is 0 Å². The summed E-state index contributed by atoms with van der Waals surface area (Å²) < 4.78 is 18.6. The summed E-state index contributed by atoms with van der Waals surface area (Å²) >= 11 is 3.04. The molecule has 1 aromatic rings. The highest BCUT2D eigenvalue weighted by molar-refractivity contribution is 9.10. The Morgan fingerprint density at radius 2 is 2.19 bits per heavy atom. The van der Waals surface area contributed by atoms with E-state index in [0.717, 1.165) is 6.07 Å². The van der Waals surface area contributed by atoms with Gasteiger partial charge in [-0.25, -0.2) is 9.18 Å². The molecule has 0 saturated carbocycles. The molecule has 0 heterocycles. The molecule has 0 spiro atoms. The monoisotopic (exact) mass is 292 g/mol. The van der Waals surface area contributed by atoms with Crippen LogP contribution in [0.4, 0.5) is 4.39 Å². The lowest BCUT2D eigenvalue weighted by Gasteiger charge is -2.16. The van der Waals surface area contributed by atoms with Crippen LogP contribution < -0.4 is 4.74 Å². The van der Waals surface area contributed by atoms with E-state index in [9.17, 15) is 14.3 Å². The molecule has 0 aliphatic rings. The van der Waals surface area contributed by atoms with Crippen molar-refractivity contribution in [3.05, 3.63) is 27.5 Å². The second kappa shape index (κ2) is 4.80. The Bertz CT molecular complexity index is 433. The Morgan fingerprint density at radius 1 is 1.62 bits per heavy atom. The largest absolute Gasteiger partial charge is 0.495 e. The lowest BCUT2D eigenvalue weighted by molar-refractivity contribution is -0.147. The number of carboxylic acids is 1. The molecule has 1 aromatic carbocycles. The van der Waals surface area contributed by atoms with Gasteiger partial charge in [-0.05, 0) is 34.5 Å². The molecule has 0 aliphatic carbocycles. The van der Waals surface area contributed by atoms with Crippen LogP contribution in [0.5, 0.6) is 5.75 Å². The molecule has 0 bridgehead atoms. The van der Waals surface area contributed by atoms with Crippen molar-refractivity contribution in [2.24, 2.45) is 0 Å². The molecule has 1 rings (SSSR count). The van der Waals surface area contributed by atoms with Gasteiger partial charge in [-0.2, -0.15) is 0 Å². The van der Waals surface area contributed by atoms with Crippen LogP contribution in [0.15, 0.2) is 10.5 Å². The topological polar surface area (TPSA) is 66.8 Å². The quantitative estimate of drug-likeness (QED) is 0.894. The number of hydrogen-bond acceptors (Lipinski definition) is 3. The Hall–Kier alpha value is -1.14. The summed E-state index contributed by atoms with van der Waals surface area (Å²) in [4.78, 5) is 10.7. The summed E-state index contributed by atoms with van der Waals surface area (Å²) in [6, 6.07) is 1.16. The van der Waals surface area contributed by atoms with E-state index in [0.29, 0.717) is 0 Å². The molecule has 0 fully saturated rings. The molecule has 1 unspecified atom stereocenters. The number of halogens is 2. The van der Waals surface area contributed by atoms with Crippen LogP contribution in [0.3, 0.4) is 0 Å². The molecule has 0 aromatic heterocycles. The Morgan fingerprint density at radius 3 is 2.62 bits per heavy atom. The van der Waals surface area contributed by atoms with Crippen LogP contribution in [0.1, 0.15) is 17.2 Å². The van der Waals surface area contributed by atoms with Crippen molar-refractivity contribution in [3.63, 3.8) is 0 Å². The number of aliphatic carboxylic acids is 1. The van der Waals surface area contributed by atoms with Crippen LogP contribution >= 0.6 is 15.9 Å². The van der Waals surface area contributed by atoms with Crippen molar-refractivity contribution >= 4 is 21.9 Å². The maximum Gasteiger partial charge on any atom is 0.337 e. The first kappa shape index (κ1) is 12.9. The maximum atomic E-state index is 13.4. The number of ether oxygens (including phenoxy) is 1. The number of aliphatic hydroxyl groups excluding tert-OH is 1. The van der Waals surface area contributed by atoms with E-state index in [4.69, 9.17) is 9.84 Å². The van der Waals surface area contributed by atoms with E-state index in [2.05, 4.69) is 15.9 Å². The molecule has 16 heavy (non-hydrogen) atoms. The summed E-state index contributed by atoms with van der Waals surface area (Å²) in [5.41, 5.74) is -0.0307. The van der Waals surface area contributed by atoms with E-state index >= 15 is 0 Å². The zero-order chi connectivity index (χ0) is 12.5. The summed E-state index contributed by atoms with van der Waals surface area (Å²) in [6.45, 7) is 1.38. The van der Waals surface area contributed by atoms with Gasteiger partial charge >= 0.3 is 5.97 Å². The van der Waals surface area contributed by atoms with Gasteiger partial charge in [-0.3, -0.25) is 0 Å². The predicted octanol–water partition coefficient (Wildman–Crippen LogP) is 2.02. The summed E-state index contributed by atoms with van der Waals surface area (Å²) in [5, 5.41) is 18.2. The average molecular weight is 293 g/mol. The van der Waals surface area contributed by atoms with Crippen molar-refractivity contribution in [1.29, 1.82) is 0 Å². The fourth-order valence-electron chi connectivity index (χ4n) is 1.37. The van der Waals surface area contributed by atoms with Gasteiger partial charge in [0, 0.05) is 5.56 Å². The van der Waals surface area contributed by atoms with Crippen LogP contribution in [-0.2, 0) is 4.79 Å². The fraction of sp³-hybridized carbons (Fsp3) is 0.300. The van der Waals surface area contributed by atoms with Gasteiger partial charge in [-0.1, -0.05) is 0 Å². The first-order valence-corrected chi connectivity index (χ1v) is 5.12. The van der Waals surface area contributed by atoms with Gasteiger partial charge in [0.1, 0.15) is 11.6 Å². The second-order valence-corrected chi connectivity index (χ2v) is 4.01. The van der Waals surface area contributed by atoms with E-state index in [1.54, 1.807) is 0 Å². The van der Waals surface area contributed by atoms with Gasteiger partial charge in [0.2, 0.25) is 0 Å². The van der Waals surface area contributed by atoms with Gasteiger partial charge in [-0.15, -0.1) is 0 Å². The van der Waals surface area contributed by atoms with Crippen molar-refractivity contribution in [3.8, 4) is 5.75 Å². The molecular weight excluding hydrogens is 283 g/mol. The Balaban J connectivity index is 3.50. The third-order valence-corrected chi connectivity index (χ3v) is 2.78. The minimum Gasteiger partial charge on any atom is -0.495 e. The molecule has 0 radical (unpaired) electrons. The number of benzene rings is 1. The Labute approximate surface area is 99.8 Å². The van der Waals surface area contributed by atoms with Crippen molar-refractivity contribution in [2.45, 2.75) is 13.0 Å². The van der Waals surface area contributed by atoms with Crippen molar-refractivity contribution < 1.29 is 24.1 Å². The molecule has 4 nitrogen and oxygen atoms in total. The van der Waals surface area contributed by atoms with E-state index in [-0.39, 0.29) is 21.3 Å². The minimum absolute atomic E-state index is 0.0509. The Kier molecular flexibility index (Phi) is 3.88. The molecule has 2 N–H and O–H groups in total. The first-order valence-electron chi connectivity index (χ1n) is 4.33. The standard InChI is InChI=1S/C10H10BrFO4/c1-4-6(12)3-5(11)9(16-2)7(4)8(13)10(14)15/h3,8,13H,1-2H3,(H,14,15). The molecule has 0 amide bonds. The molecule has 6 heteroatoms. The zero-order valence-electron chi connectivity index (χ0n) is 8.62. The highest BCUT2D eigenvalue weighted by Crippen LogP contribution is 2.37. The maximum absolute atomic E-state index is 13.4. The number of carboxylic acid groups (broad SMARTS) is 1.